The zero-order valence-corrected chi connectivity index (χ0v) is 8.26. The molecule has 0 aliphatic rings. The van der Waals surface area contributed by atoms with Gasteiger partial charge in [0.2, 0.25) is 5.82 Å². The molecule has 9 heteroatoms. The van der Waals surface area contributed by atoms with Gasteiger partial charge in [0.05, 0.1) is 0 Å². The zero-order chi connectivity index (χ0) is 13.4. The van der Waals surface area contributed by atoms with Gasteiger partial charge in [-0.25, -0.2) is 31.6 Å². The third kappa shape index (κ3) is 1.58. The Kier molecular flexibility index (Phi) is 2.70. The van der Waals surface area contributed by atoms with Gasteiger partial charge in [-0.05, 0) is 0 Å². The van der Waals surface area contributed by atoms with Gasteiger partial charge in [-0.2, -0.15) is 5.26 Å². The van der Waals surface area contributed by atoms with E-state index in [9.17, 15) is 22.0 Å². The molecular weight excluding hydrogens is 259 g/mol. The number of aromatic nitrogens is 3. The van der Waals surface area contributed by atoms with Crippen molar-refractivity contribution in [3.63, 3.8) is 0 Å². The highest BCUT2D eigenvalue weighted by Crippen LogP contribution is 2.25. The molecule has 0 aliphatic carbocycles. The van der Waals surface area contributed by atoms with Gasteiger partial charge in [0.15, 0.2) is 23.3 Å². The van der Waals surface area contributed by atoms with Crippen LogP contribution in [0.4, 0.5) is 22.0 Å². The summed E-state index contributed by atoms with van der Waals surface area (Å²) in [6, 6.07) is 1.45. The summed E-state index contributed by atoms with van der Waals surface area (Å²) in [5.41, 5.74) is -1.29. The summed E-state index contributed by atoms with van der Waals surface area (Å²) in [6.07, 6.45) is 0.664. The van der Waals surface area contributed by atoms with Gasteiger partial charge in [-0.15, -0.1) is 5.10 Å². The number of nitriles is 1. The Balaban J connectivity index is 2.76. The topological polar surface area (TPSA) is 54.5 Å². The van der Waals surface area contributed by atoms with Crippen LogP contribution in [0.1, 0.15) is 5.82 Å². The summed E-state index contributed by atoms with van der Waals surface area (Å²) < 4.78 is 65.5. The minimum absolute atomic E-state index is 0.300. The van der Waals surface area contributed by atoms with Crippen molar-refractivity contribution in [2.24, 2.45) is 0 Å². The molecule has 18 heavy (non-hydrogen) atoms. The molecule has 0 unspecified atom stereocenters. The molecule has 2 rings (SSSR count). The fourth-order valence-corrected chi connectivity index (χ4v) is 1.22. The molecule has 0 amide bonds. The van der Waals surface area contributed by atoms with Crippen LogP contribution in [0, 0.1) is 40.4 Å². The van der Waals surface area contributed by atoms with E-state index < -0.39 is 40.6 Å². The molecule has 0 N–H and O–H groups in total. The average molecular weight is 260 g/mol. The van der Waals surface area contributed by atoms with Gasteiger partial charge in [-0.1, -0.05) is 0 Å². The van der Waals surface area contributed by atoms with Crippen molar-refractivity contribution in [2.75, 3.05) is 0 Å². The Bertz CT molecular complexity index is 643. The van der Waals surface area contributed by atoms with Crippen molar-refractivity contribution in [3.05, 3.63) is 41.2 Å². The molecular formula is C9HF5N4. The van der Waals surface area contributed by atoms with Crippen LogP contribution in [0.5, 0.6) is 0 Å². The van der Waals surface area contributed by atoms with E-state index in [0.29, 0.717) is 11.0 Å². The van der Waals surface area contributed by atoms with Crippen molar-refractivity contribution in [3.8, 4) is 11.8 Å². The van der Waals surface area contributed by atoms with Crippen LogP contribution in [0.25, 0.3) is 5.69 Å². The molecule has 2 aromatic rings. The lowest BCUT2D eigenvalue weighted by atomic mass is 10.2. The minimum atomic E-state index is -2.27. The molecule has 0 spiro atoms. The largest absolute Gasteiger partial charge is 0.252 e. The van der Waals surface area contributed by atoms with Crippen LogP contribution in [0.3, 0.4) is 0 Å². The maximum Gasteiger partial charge on any atom is 0.252 e. The van der Waals surface area contributed by atoms with E-state index in [0.717, 1.165) is 0 Å². The second-order valence-corrected chi connectivity index (χ2v) is 3.04. The van der Waals surface area contributed by atoms with E-state index in [1.807, 2.05) is 0 Å². The molecule has 0 aliphatic heterocycles. The van der Waals surface area contributed by atoms with E-state index in [4.69, 9.17) is 5.26 Å². The summed E-state index contributed by atoms with van der Waals surface area (Å²) in [5.74, 6) is -11.1. The lowest BCUT2D eigenvalue weighted by molar-refractivity contribution is 0.373. The lowest BCUT2D eigenvalue weighted by Gasteiger charge is -2.06. The summed E-state index contributed by atoms with van der Waals surface area (Å²) in [6.45, 7) is 0. The van der Waals surface area contributed by atoms with Crippen LogP contribution >= 0.6 is 0 Å². The maximum absolute atomic E-state index is 13.3. The second-order valence-electron chi connectivity index (χ2n) is 3.04. The number of hydrogen-bond donors (Lipinski definition) is 0. The summed E-state index contributed by atoms with van der Waals surface area (Å²) >= 11 is 0. The molecule has 0 saturated heterocycles. The number of benzene rings is 1. The van der Waals surface area contributed by atoms with Crippen LogP contribution in [-0.4, -0.2) is 14.8 Å². The van der Waals surface area contributed by atoms with Crippen molar-refractivity contribution in [2.45, 2.75) is 0 Å². The predicted octanol–water partition coefficient (Wildman–Crippen LogP) is 1.83. The summed E-state index contributed by atoms with van der Waals surface area (Å²) in [5, 5.41) is 11.6. The van der Waals surface area contributed by atoms with Crippen LogP contribution in [0.15, 0.2) is 6.33 Å². The normalized spacial score (nSPS) is 10.4. The van der Waals surface area contributed by atoms with E-state index in [2.05, 4.69) is 10.1 Å². The molecule has 1 aromatic heterocycles. The lowest BCUT2D eigenvalue weighted by Crippen LogP contribution is -2.10. The van der Waals surface area contributed by atoms with Crippen LogP contribution in [-0.2, 0) is 0 Å². The molecule has 0 fully saturated rings. The first-order valence-electron chi connectivity index (χ1n) is 4.31. The molecule has 0 bridgehead atoms. The smallest absolute Gasteiger partial charge is 0.213 e. The van der Waals surface area contributed by atoms with Gasteiger partial charge in [0.25, 0.3) is 5.82 Å². The Morgan fingerprint density at radius 1 is 0.944 bits per heavy atom. The Hall–Kier alpha value is -2.50. The first-order chi connectivity index (χ1) is 8.47. The highest BCUT2D eigenvalue weighted by atomic mass is 19.2. The third-order valence-corrected chi connectivity index (χ3v) is 2.01. The number of hydrogen-bond acceptors (Lipinski definition) is 3. The van der Waals surface area contributed by atoms with Gasteiger partial charge in [0.1, 0.15) is 18.1 Å². The van der Waals surface area contributed by atoms with E-state index in [1.165, 1.54) is 6.07 Å². The fourth-order valence-electron chi connectivity index (χ4n) is 1.22. The molecule has 4 nitrogen and oxygen atoms in total. The van der Waals surface area contributed by atoms with E-state index in [1.54, 1.807) is 0 Å². The van der Waals surface area contributed by atoms with Gasteiger partial charge < -0.3 is 0 Å². The van der Waals surface area contributed by atoms with Crippen molar-refractivity contribution >= 4 is 0 Å². The van der Waals surface area contributed by atoms with Crippen LogP contribution in [0.2, 0.25) is 0 Å². The Morgan fingerprint density at radius 3 is 1.89 bits per heavy atom. The Labute approximate surface area is 95.9 Å². The fraction of sp³-hybridized carbons (Fsp3) is 0. The monoisotopic (exact) mass is 260 g/mol. The zero-order valence-electron chi connectivity index (χ0n) is 8.26. The van der Waals surface area contributed by atoms with Gasteiger partial charge >= 0.3 is 0 Å². The van der Waals surface area contributed by atoms with Crippen molar-refractivity contribution in [1.82, 2.24) is 14.8 Å². The van der Waals surface area contributed by atoms with E-state index in [-0.39, 0.29) is 0 Å². The number of rotatable bonds is 1. The molecule has 0 radical (unpaired) electrons. The van der Waals surface area contributed by atoms with Gasteiger partial charge in [-0.3, -0.25) is 0 Å². The van der Waals surface area contributed by atoms with Crippen LogP contribution < -0.4 is 0 Å². The third-order valence-electron chi connectivity index (χ3n) is 2.01. The number of halogens is 5. The summed E-state index contributed by atoms with van der Waals surface area (Å²) in [7, 11) is 0. The SMILES string of the molecule is N#Cc1ncn(-c2c(F)c(F)c(F)c(F)c2F)n1. The van der Waals surface area contributed by atoms with Gasteiger partial charge in [0, 0.05) is 0 Å². The molecule has 1 heterocycles. The maximum atomic E-state index is 13.3. The predicted molar refractivity (Wildman–Crippen MR) is 45.9 cm³/mol. The second kappa shape index (κ2) is 4.06. The standard InChI is InChI=1S/C9HF5N4/c10-4-5(11)7(13)9(8(14)6(4)12)18-2-16-3(1-15)17-18/h2H. The highest BCUT2D eigenvalue weighted by Gasteiger charge is 2.27. The van der Waals surface area contributed by atoms with Crippen molar-refractivity contribution in [1.29, 1.82) is 5.26 Å². The quantitative estimate of drug-likeness (QED) is 0.446. The summed E-state index contributed by atoms with van der Waals surface area (Å²) in [4.78, 5) is 3.29. The molecule has 0 atom stereocenters. The molecule has 92 valence electrons. The Morgan fingerprint density at radius 2 is 1.44 bits per heavy atom. The highest BCUT2D eigenvalue weighted by molar-refractivity contribution is 5.36. The van der Waals surface area contributed by atoms with Crippen molar-refractivity contribution < 1.29 is 22.0 Å². The molecule has 0 saturated carbocycles. The first kappa shape index (κ1) is 12.0. The minimum Gasteiger partial charge on any atom is -0.213 e. The van der Waals surface area contributed by atoms with E-state index >= 15 is 0 Å². The average Bonchev–Trinajstić information content (AvgIpc) is 2.83. The molecule has 1 aromatic carbocycles. The first-order valence-corrected chi connectivity index (χ1v) is 4.31. The number of nitrogens with zero attached hydrogens (tertiary/aromatic N) is 4.